The zero-order valence-electron chi connectivity index (χ0n) is 13.9. The average Bonchev–Trinajstić information content (AvgIpc) is 3.22. The number of hydrogen-bond donors (Lipinski definition) is 2. The van der Waals surface area contributed by atoms with Crippen molar-refractivity contribution >= 4 is 10.9 Å². The molecular formula is C20H19N3O2. The van der Waals surface area contributed by atoms with Crippen molar-refractivity contribution < 1.29 is 9.52 Å². The highest BCUT2D eigenvalue weighted by Gasteiger charge is 2.13. The predicted octanol–water partition coefficient (Wildman–Crippen LogP) is 4.16. The van der Waals surface area contributed by atoms with Crippen LogP contribution in [0.1, 0.15) is 11.3 Å². The van der Waals surface area contributed by atoms with Crippen LogP contribution in [0.2, 0.25) is 0 Å². The number of aromatic amines is 1. The van der Waals surface area contributed by atoms with Gasteiger partial charge in [0.2, 0.25) is 0 Å². The molecule has 0 radical (unpaired) electrons. The Labute approximate surface area is 145 Å². The molecule has 0 aliphatic carbocycles. The fourth-order valence-electron chi connectivity index (χ4n) is 3.09. The molecule has 3 heterocycles. The maximum atomic E-state index is 10.2. The highest BCUT2D eigenvalue weighted by molar-refractivity contribution is 5.97. The van der Waals surface area contributed by atoms with E-state index in [0.717, 1.165) is 46.6 Å². The van der Waals surface area contributed by atoms with Crippen LogP contribution in [0.3, 0.4) is 0 Å². The Morgan fingerprint density at radius 2 is 1.96 bits per heavy atom. The van der Waals surface area contributed by atoms with Crippen LogP contribution in [0.25, 0.3) is 22.2 Å². The monoisotopic (exact) mass is 333 g/mol. The number of hydrogen-bond acceptors (Lipinski definition) is 4. The molecule has 4 rings (SSSR count). The van der Waals surface area contributed by atoms with Gasteiger partial charge in [-0.25, -0.2) is 0 Å². The third kappa shape index (κ3) is 3.14. The summed E-state index contributed by atoms with van der Waals surface area (Å²) in [5, 5.41) is 11.2. The SMILES string of the molecule is CN(Cc1ccc(-c2c(O)[nH]c3ccccc23)nc1)Cc1ccco1. The van der Waals surface area contributed by atoms with E-state index in [1.165, 1.54) is 0 Å². The number of aromatic nitrogens is 2. The van der Waals surface area contributed by atoms with E-state index in [-0.39, 0.29) is 5.88 Å². The summed E-state index contributed by atoms with van der Waals surface area (Å²) in [6.07, 6.45) is 3.54. The highest BCUT2D eigenvalue weighted by Crippen LogP contribution is 2.35. The molecule has 25 heavy (non-hydrogen) atoms. The van der Waals surface area contributed by atoms with Crippen molar-refractivity contribution in [2.45, 2.75) is 13.1 Å². The molecule has 1 aromatic carbocycles. The summed E-state index contributed by atoms with van der Waals surface area (Å²) < 4.78 is 5.38. The summed E-state index contributed by atoms with van der Waals surface area (Å²) in [5.74, 6) is 1.09. The van der Waals surface area contributed by atoms with Crippen LogP contribution in [-0.4, -0.2) is 27.0 Å². The van der Waals surface area contributed by atoms with Crippen LogP contribution in [0.15, 0.2) is 65.4 Å². The summed E-state index contributed by atoms with van der Waals surface area (Å²) in [7, 11) is 2.04. The first-order valence-corrected chi connectivity index (χ1v) is 8.16. The van der Waals surface area contributed by atoms with Gasteiger partial charge in [0.1, 0.15) is 5.76 Å². The third-order valence-corrected chi connectivity index (χ3v) is 4.23. The molecule has 5 nitrogen and oxygen atoms in total. The standard InChI is InChI=1S/C20H19N3O2/c1-23(13-15-5-4-10-25-15)12-14-8-9-18(21-11-14)19-16-6-2-3-7-17(16)22-20(19)24/h2-11,22,24H,12-13H2,1H3. The van der Waals surface area contributed by atoms with E-state index < -0.39 is 0 Å². The van der Waals surface area contributed by atoms with Gasteiger partial charge in [-0.2, -0.15) is 0 Å². The average molecular weight is 333 g/mol. The first-order valence-electron chi connectivity index (χ1n) is 8.16. The van der Waals surface area contributed by atoms with Gasteiger partial charge in [-0.3, -0.25) is 9.88 Å². The maximum Gasteiger partial charge on any atom is 0.199 e. The predicted molar refractivity (Wildman–Crippen MR) is 97.1 cm³/mol. The molecule has 0 aliphatic heterocycles. The molecule has 0 fully saturated rings. The van der Waals surface area contributed by atoms with Gasteiger partial charge in [0.25, 0.3) is 0 Å². The fourth-order valence-corrected chi connectivity index (χ4v) is 3.09. The lowest BCUT2D eigenvalue weighted by molar-refractivity contribution is 0.287. The summed E-state index contributed by atoms with van der Waals surface area (Å²) in [6, 6.07) is 15.7. The zero-order chi connectivity index (χ0) is 17.2. The quantitative estimate of drug-likeness (QED) is 0.575. The van der Waals surface area contributed by atoms with Crippen LogP contribution < -0.4 is 0 Å². The number of nitrogens with zero attached hydrogens (tertiary/aromatic N) is 2. The minimum atomic E-state index is 0.149. The second-order valence-corrected chi connectivity index (χ2v) is 6.20. The van der Waals surface area contributed by atoms with Crippen LogP contribution in [-0.2, 0) is 13.1 Å². The molecular weight excluding hydrogens is 314 g/mol. The number of para-hydroxylation sites is 1. The van der Waals surface area contributed by atoms with E-state index in [1.54, 1.807) is 6.26 Å². The lowest BCUT2D eigenvalue weighted by atomic mass is 10.1. The molecule has 0 bridgehead atoms. The minimum Gasteiger partial charge on any atom is -0.494 e. The summed E-state index contributed by atoms with van der Waals surface area (Å²) >= 11 is 0. The zero-order valence-corrected chi connectivity index (χ0v) is 13.9. The van der Waals surface area contributed by atoms with Crippen LogP contribution in [0, 0.1) is 0 Å². The molecule has 2 N–H and O–H groups in total. The van der Waals surface area contributed by atoms with Crippen LogP contribution in [0.5, 0.6) is 5.88 Å². The first-order chi connectivity index (χ1) is 12.2. The number of nitrogens with one attached hydrogen (secondary N) is 1. The van der Waals surface area contributed by atoms with E-state index in [2.05, 4.69) is 14.9 Å². The molecule has 0 atom stereocenters. The molecule has 0 spiro atoms. The number of benzene rings is 1. The smallest absolute Gasteiger partial charge is 0.199 e. The Balaban J connectivity index is 1.54. The second kappa shape index (κ2) is 6.45. The van der Waals surface area contributed by atoms with Gasteiger partial charge < -0.3 is 14.5 Å². The molecule has 0 amide bonds. The molecule has 0 unspecified atom stereocenters. The van der Waals surface area contributed by atoms with Gasteiger partial charge in [-0.1, -0.05) is 24.3 Å². The molecule has 5 heteroatoms. The van der Waals surface area contributed by atoms with E-state index in [0.29, 0.717) is 0 Å². The van der Waals surface area contributed by atoms with Crippen LogP contribution in [0.4, 0.5) is 0 Å². The van der Waals surface area contributed by atoms with E-state index in [9.17, 15) is 5.11 Å². The topological polar surface area (TPSA) is 65.3 Å². The Morgan fingerprint density at radius 1 is 1.08 bits per heavy atom. The Kier molecular flexibility index (Phi) is 3.99. The lowest BCUT2D eigenvalue weighted by Gasteiger charge is -2.15. The summed E-state index contributed by atoms with van der Waals surface area (Å²) in [4.78, 5) is 9.71. The lowest BCUT2D eigenvalue weighted by Crippen LogP contribution is -2.16. The number of aromatic hydroxyl groups is 1. The van der Waals surface area contributed by atoms with Crippen molar-refractivity contribution in [2.75, 3.05) is 7.05 Å². The van der Waals surface area contributed by atoms with Gasteiger partial charge in [-0.05, 0) is 36.9 Å². The maximum absolute atomic E-state index is 10.2. The van der Waals surface area contributed by atoms with Crippen molar-refractivity contribution in [1.29, 1.82) is 0 Å². The molecule has 0 saturated heterocycles. The van der Waals surface area contributed by atoms with Gasteiger partial charge in [0, 0.05) is 23.6 Å². The fraction of sp³-hybridized carbons (Fsp3) is 0.150. The number of rotatable bonds is 5. The van der Waals surface area contributed by atoms with E-state index >= 15 is 0 Å². The Hall–Kier alpha value is -3.05. The first kappa shape index (κ1) is 15.5. The Morgan fingerprint density at radius 3 is 2.72 bits per heavy atom. The van der Waals surface area contributed by atoms with Gasteiger partial charge >= 0.3 is 0 Å². The normalized spacial score (nSPS) is 11.4. The number of fused-ring (bicyclic) bond motifs is 1. The van der Waals surface area contributed by atoms with Crippen molar-refractivity contribution in [3.63, 3.8) is 0 Å². The van der Waals surface area contributed by atoms with Gasteiger partial charge in [0.15, 0.2) is 5.88 Å². The van der Waals surface area contributed by atoms with E-state index in [4.69, 9.17) is 4.42 Å². The van der Waals surface area contributed by atoms with Crippen molar-refractivity contribution in [2.24, 2.45) is 0 Å². The number of H-pyrrole nitrogens is 1. The van der Waals surface area contributed by atoms with Gasteiger partial charge in [0.05, 0.1) is 24.1 Å². The van der Waals surface area contributed by atoms with E-state index in [1.807, 2.05) is 61.8 Å². The third-order valence-electron chi connectivity index (χ3n) is 4.23. The van der Waals surface area contributed by atoms with Crippen LogP contribution >= 0.6 is 0 Å². The van der Waals surface area contributed by atoms with Crippen molar-refractivity contribution in [3.05, 3.63) is 72.3 Å². The molecule has 0 saturated carbocycles. The largest absolute Gasteiger partial charge is 0.494 e. The molecule has 0 aliphatic rings. The molecule has 3 aromatic heterocycles. The van der Waals surface area contributed by atoms with Crippen molar-refractivity contribution in [1.82, 2.24) is 14.9 Å². The highest BCUT2D eigenvalue weighted by atomic mass is 16.3. The second-order valence-electron chi connectivity index (χ2n) is 6.20. The van der Waals surface area contributed by atoms with Gasteiger partial charge in [-0.15, -0.1) is 0 Å². The Bertz CT molecular complexity index is 972. The molecule has 126 valence electrons. The summed E-state index contributed by atoms with van der Waals surface area (Å²) in [6.45, 7) is 1.52. The minimum absolute atomic E-state index is 0.149. The summed E-state index contributed by atoms with van der Waals surface area (Å²) in [5.41, 5.74) is 3.51. The number of furan rings is 1. The number of pyridine rings is 1. The molecule has 4 aromatic rings. The van der Waals surface area contributed by atoms with Crippen molar-refractivity contribution in [3.8, 4) is 17.1 Å².